The molecule has 0 N–H and O–H groups in total. The zero-order chi connectivity index (χ0) is 13.4. The summed E-state index contributed by atoms with van der Waals surface area (Å²) in [6, 6.07) is 6.13. The molecule has 4 heteroatoms. The van der Waals surface area contributed by atoms with E-state index in [1.165, 1.54) is 5.56 Å². The summed E-state index contributed by atoms with van der Waals surface area (Å²) >= 11 is 0. The monoisotopic (exact) mass is 253 g/mol. The highest BCUT2D eigenvalue weighted by atomic mass is 16.2. The Kier molecular flexibility index (Phi) is 2.71. The second-order valence-electron chi connectivity index (χ2n) is 4.64. The van der Waals surface area contributed by atoms with Gasteiger partial charge in [-0.3, -0.25) is 4.79 Å². The predicted molar refractivity (Wildman–Crippen MR) is 75.4 cm³/mol. The highest BCUT2D eigenvalue weighted by Gasteiger charge is 2.22. The highest BCUT2D eigenvalue weighted by Crippen LogP contribution is 2.30. The Bertz CT molecular complexity index is 657. The molecule has 1 aliphatic rings. The Morgan fingerprint density at radius 3 is 3.00 bits per heavy atom. The number of imidazole rings is 1. The van der Waals surface area contributed by atoms with Crippen LogP contribution in [0.1, 0.15) is 18.2 Å². The smallest absolute Gasteiger partial charge is 0.223 e. The molecule has 0 saturated carbocycles. The first kappa shape index (κ1) is 11.7. The molecule has 1 aliphatic heterocycles. The normalized spacial score (nSPS) is 13.4. The molecule has 0 unspecified atom stereocenters. The fraction of sp³-hybridized carbons (Fsp3) is 0.200. The lowest BCUT2D eigenvalue weighted by Crippen LogP contribution is -2.25. The number of benzene rings is 1. The molecule has 4 nitrogen and oxygen atoms in total. The summed E-state index contributed by atoms with van der Waals surface area (Å²) in [5.41, 5.74) is 4.15. The van der Waals surface area contributed by atoms with Crippen molar-refractivity contribution in [3.8, 4) is 5.69 Å². The van der Waals surface area contributed by atoms with Crippen molar-refractivity contribution in [3.05, 3.63) is 48.6 Å². The molecule has 2 aromatic rings. The molecular formula is C15H15N3O. The lowest BCUT2D eigenvalue weighted by atomic mass is 10.1. The number of fused-ring (bicyclic) bond motifs is 1. The van der Waals surface area contributed by atoms with Gasteiger partial charge in [-0.15, -0.1) is 0 Å². The van der Waals surface area contributed by atoms with E-state index >= 15 is 0 Å². The van der Waals surface area contributed by atoms with E-state index in [0.717, 1.165) is 30.0 Å². The number of carbonyl (C=O) groups is 1. The molecule has 96 valence electrons. The van der Waals surface area contributed by atoms with Crippen LogP contribution in [-0.2, 0) is 11.2 Å². The van der Waals surface area contributed by atoms with Gasteiger partial charge in [0.05, 0.1) is 12.0 Å². The van der Waals surface area contributed by atoms with E-state index in [9.17, 15) is 4.79 Å². The lowest BCUT2D eigenvalue weighted by Gasteiger charge is -2.14. The van der Waals surface area contributed by atoms with Crippen LogP contribution in [0, 0.1) is 0 Å². The van der Waals surface area contributed by atoms with E-state index in [-0.39, 0.29) is 5.91 Å². The summed E-state index contributed by atoms with van der Waals surface area (Å²) in [4.78, 5) is 17.6. The van der Waals surface area contributed by atoms with Crippen LogP contribution < -0.4 is 4.90 Å². The van der Waals surface area contributed by atoms with Crippen molar-refractivity contribution >= 4 is 17.7 Å². The van der Waals surface area contributed by atoms with Crippen molar-refractivity contribution in [1.82, 2.24) is 9.55 Å². The maximum absolute atomic E-state index is 11.5. The van der Waals surface area contributed by atoms with E-state index in [1.54, 1.807) is 19.3 Å². The minimum Gasteiger partial charge on any atom is -0.312 e. The van der Waals surface area contributed by atoms with Crippen LogP contribution in [-0.4, -0.2) is 22.0 Å². The van der Waals surface area contributed by atoms with Gasteiger partial charge in [-0.05, 0) is 36.3 Å². The fourth-order valence-electron chi connectivity index (χ4n) is 2.46. The predicted octanol–water partition coefficient (Wildman–Crippen LogP) is 2.42. The van der Waals surface area contributed by atoms with Crippen LogP contribution in [0.4, 0.5) is 5.69 Å². The quantitative estimate of drug-likeness (QED) is 0.824. The Morgan fingerprint density at radius 1 is 1.47 bits per heavy atom. The first-order valence-electron chi connectivity index (χ1n) is 6.27. The van der Waals surface area contributed by atoms with Crippen molar-refractivity contribution in [2.75, 3.05) is 11.4 Å². The van der Waals surface area contributed by atoms with Crippen LogP contribution >= 0.6 is 0 Å². The van der Waals surface area contributed by atoms with Crippen molar-refractivity contribution in [2.24, 2.45) is 0 Å². The lowest BCUT2D eigenvalue weighted by molar-refractivity contribution is -0.116. The molecule has 1 amide bonds. The Balaban J connectivity index is 1.99. The molecule has 3 rings (SSSR count). The van der Waals surface area contributed by atoms with Gasteiger partial charge >= 0.3 is 0 Å². The zero-order valence-corrected chi connectivity index (χ0v) is 10.8. The summed E-state index contributed by atoms with van der Waals surface area (Å²) in [5.74, 6) is 0.100. The molecular weight excluding hydrogens is 238 g/mol. The minimum absolute atomic E-state index is 0.100. The third kappa shape index (κ3) is 1.95. The number of anilines is 1. The first-order chi connectivity index (χ1) is 9.19. The molecule has 0 atom stereocenters. The zero-order valence-electron chi connectivity index (χ0n) is 10.8. The first-order valence-corrected chi connectivity index (χ1v) is 6.27. The third-order valence-electron chi connectivity index (χ3n) is 3.45. The molecule has 1 aromatic heterocycles. The second-order valence-corrected chi connectivity index (χ2v) is 4.64. The largest absolute Gasteiger partial charge is 0.312 e. The van der Waals surface area contributed by atoms with E-state index in [1.807, 2.05) is 27.8 Å². The summed E-state index contributed by atoms with van der Waals surface area (Å²) in [6.07, 6.45) is 6.34. The van der Waals surface area contributed by atoms with Gasteiger partial charge in [-0.1, -0.05) is 6.58 Å². The Hall–Kier alpha value is -2.36. The van der Waals surface area contributed by atoms with Crippen LogP contribution in [0.2, 0.25) is 0 Å². The number of hydrogen-bond donors (Lipinski definition) is 0. The average Bonchev–Trinajstić information content (AvgIpc) is 3.04. The van der Waals surface area contributed by atoms with Gasteiger partial charge in [-0.25, -0.2) is 4.98 Å². The molecule has 0 saturated heterocycles. The summed E-state index contributed by atoms with van der Waals surface area (Å²) in [5, 5.41) is 0. The van der Waals surface area contributed by atoms with Crippen LogP contribution in [0.3, 0.4) is 0 Å². The van der Waals surface area contributed by atoms with Gasteiger partial charge in [0, 0.05) is 31.0 Å². The highest BCUT2D eigenvalue weighted by molar-refractivity contribution is 5.93. The topological polar surface area (TPSA) is 38.1 Å². The SMILES string of the molecule is C=Cc1cn(-c2ccc3c(c2)CCN3C(C)=O)cn1. The van der Waals surface area contributed by atoms with Crippen molar-refractivity contribution in [1.29, 1.82) is 0 Å². The van der Waals surface area contributed by atoms with Crippen molar-refractivity contribution < 1.29 is 4.79 Å². The van der Waals surface area contributed by atoms with Gasteiger partial charge in [-0.2, -0.15) is 0 Å². The molecule has 0 spiro atoms. The van der Waals surface area contributed by atoms with E-state index in [2.05, 4.69) is 17.6 Å². The van der Waals surface area contributed by atoms with Gasteiger partial charge in [0.25, 0.3) is 0 Å². The summed E-state index contributed by atoms with van der Waals surface area (Å²) in [6.45, 7) is 6.09. The number of nitrogens with zero attached hydrogens (tertiary/aromatic N) is 3. The fourth-order valence-corrected chi connectivity index (χ4v) is 2.46. The Labute approximate surface area is 112 Å². The minimum atomic E-state index is 0.100. The number of carbonyl (C=O) groups excluding carboxylic acids is 1. The van der Waals surface area contributed by atoms with E-state index in [0.29, 0.717) is 0 Å². The number of hydrogen-bond acceptors (Lipinski definition) is 2. The molecule has 0 aliphatic carbocycles. The van der Waals surface area contributed by atoms with Crippen molar-refractivity contribution in [3.63, 3.8) is 0 Å². The van der Waals surface area contributed by atoms with Gasteiger partial charge < -0.3 is 9.47 Å². The van der Waals surface area contributed by atoms with E-state index < -0.39 is 0 Å². The van der Waals surface area contributed by atoms with Crippen molar-refractivity contribution in [2.45, 2.75) is 13.3 Å². The Morgan fingerprint density at radius 2 is 2.32 bits per heavy atom. The van der Waals surface area contributed by atoms with Crippen LogP contribution in [0.15, 0.2) is 37.3 Å². The van der Waals surface area contributed by atoms with Crippen LogP contribution in [0.5, 0.6) is 0 Å². The number of amides is 1. The third-order valence-corrected chi connectivity index (χ3v) is 3.45. The standard InChI is InChI=1S/C15H15N3O/c1-3-13-9-17(10-16-13)14-4-5-15-12(8-14)6-7-18(15)11(2)19/h3-5,8-10H,1,6-7H2,2H3. The summed E-state index contributed by atoms with van der Waals surface area (Å²) < 4.78 is 1.97. The maximum atomic E-state index is 11.5. The molecule has 0 radical (unpaired) electrons. The number of aromatic nitrogens is 2. The van der Waals surface area contributed by atoms with Gasteiger partial charge in [0.15, 0.2) is 0 Å². The molecule has 1 aromatic carbocycles. The van der Waals surface area contributed by atoms with Gasteiger partial charge in [0.1, 0.15) is 0 Å². The molecule has 0 fully saturated rings. The van der Waals surface area contributed by atoms with E-state index in [4.69, 9.17) is 0 Å². The molecule has 19 heavy (non-hydrogen) atoms. The average molecular weight is 253 g/mol. The molecule has 0 bridgehead atoms. The maximum Gasteiger partial charge on any atom is 0.223 e. The van der Waals surface area contributed by atoms with Gasteiger partial charge in [0.2, 0.25) is 5.91 Å². The number of rotatable bonds is 2. The second kappa shape index (κ2) is 4.39. The summed E-state index contributed by atoms with van der Waals surface area (Å²) in [7, 11) is 0. The van der Waals surface area contributed by atoms with Crippen LogP contribution in [0.25, 0.3) is 11.8 Å². The molecule has 2 heterocycles.